The number of rotatable bonds is 4. The molecule has 2 aromatic carbocycles. The molecule has 98 valence electrons. The molecule has 0 heterocycles. The molecule has 0 aromatic heterocycles. The molecule has 2 rings (SSSR count). The minimum atomic E-state index is -0.916. The van der Waals surface area contributed by atoms with Gasteiger partial charge in [-0.15, -0.1) is 11.8 Å². The molecule has 0 fully saturated rings. The summed E-state index contributed by atoms with van der Waals surface area (Å²) in [6, 6.07) is 12.7. The van der Waals surface area contributed by atoms with Gasteiger partial charge in [-0.2, -0.15) is 0 Å². The predicted octanol–water partition coefficient (Wildman–Crippen LogP) is 5.09. The van der Waals surface area contributed by atoms with E-state index in [0.717, 1.165) is 14.9 Å². The van der Waals surface area contributed by atoms with Gasteiger partial charge in [0.1, 0.15) is 0 Å². The summed E-state index contributed by atoms with van der Waals surface area (Å²) in [5.41, 5.74) is 1.38. The molecule has 0 aliphatic rings. The summed E-state index contributed by atoms with van der Waals surface area (Å²) in [5.74, 6) is -0.238. The summed E-state index contributed by atoms with van der Waals surface area (Å²) in [7, 11) is 0. The topological polar surface area (TPSA) is 37.3 Å². The normalized spacial score (nSPS) is 10.4. The Kier molecular flexibility index (Phi) is 4.91. The molecular formula is C14H10BrClO2S. The standard InChI is InChI=1S/C14H10BrClO2S/c15-10-4-5-12(14(17)18)13(7-10)19-8-9-2-1-3-11(16)6-9/h1-7H,8H2,(H,17,18). The van der Waals surface area contributed by atoms with E-state index in [2.05, 4.69) is 15.9 Å². The zero-order valence-electron chi connectivity index (χ0n) is 9.77. The molecule has 0 saturated heterocycles. The Morgan fingerprint density at radius 1 is 1.26 bits per heavy atom. The van der Waals surface area contributed by atoms with Gasteiger partial charge in [-0.3, -0.25) is 0 Å². The average Bonchev–Trinajstić information content (AvgIpc) is 2.36. The van der Waals surface area contributed by atoms with Gasteiger partial charge < -0.3 is 5.11 Å². The van der Waals surface area contributed by atoms with Crippen molar-refractivity contribution in [2.75, 3.05) is 0 Å². The molecule has 0 aliphatic carbocycles. The Labute approximate surface area is 128 Å². The first kappa shape index (κ1) is 14.4. The molecule has 0 bridgehead atoms. The number of carboxylic acids is 1. The van der Waals surface area contributed by atoms with Crippen LogP contribution in [0, 0.1) is 0 Å². The Bertz CT molecular complexity index is 616. The van der Waals surface area contributed by atoms with Gasteiger partial charge in [0.2, 0.25) is 0 Å². The SMILES string of the molecule is O=C(O)c1ccc(Br)cc1SCc1cccc(Cl)c1. The van der Waals surface area contributed by atoms with Crippen molar-refractivity contribution in [3.63, 3.8) is 0 Å². The minimum absolute atomic E-state index is 0.315. The number of hydrogen-bond donors (Lipinski definition) is 1. The van der Waals surface area contributed by atoms with E-state index < -0.39 is 5.97 Å². The molecular weight excluding hydrogens is 348 g/mol. The van der Waals surface area contributed by atoms with Gasteiger partial charge in [-0.25, -0.2) is 4.79 Å². The highest BCUT2D eigenvalue weighted by Crippen LogP contribution is 2.29. The van der Waals surface area contributed by atoms with Crippen molar-refractivity contribution < 1.29 is 9.90 Å². The monoisotopic (exact) mass is 356 g/mol. The molecule has 19 heavy (non-hydrogen) atoms. The van der Waals surface area contributed by atoms with Gasteiger partial charge in [0.15, 0.2) is 0 Å². The Balaban J connectivity index is 2.19. The first-order valence-corrected chi connectivity index (χ1v) is 7.62. The maximum atomic E-state index is 11.1. The van der Waals surface area contributed by atoms with Crippen LogP contribution in [0.1, 0.15) is 15.9 Å². The van der Waals surface area contributed by atoms with Crippen LogP contribution in [-0.2, 0) is 5.75 Å². The van der Waals surface area contributed by atoms with Crippen molar-refractivity contribution >= 4 is 45.3 Å². The van der Waals surface area contributed by atoms with E-state index in [9.17, 15) is 4.79 Å². The average molecular weight is 358 g/mol. The lowest BCUT2D eigenvalue weighted by molar-refractivity contribution is 0.0693. The van der Waals surface area contributed by atoms with Gasteiger partial charge in [0.25, 0.3) is 0 Å². The van der Waals surface area contributed by atoms with Crippen LogP contribution >= 0.6 is 39.3 Å². The van der Waals surface area contributed by atoms with Crippen LogP contribution in [0.5, 0.6) is 0 Å². The van der Waals surface area contributed by atoms with Gasteiger partial charge in [-0.05, 0) is 35.9 Å². The van der Waals surface area contributed by atoms with Crippen LogP contribution in [0.15, 0.2) is 51.8 Å². The summed E-state index contributed by atoms with van der Waals surface area (Å²) in [6.45, 7) is 0. The van der Waals surface area contributed by atoms with Crippen LogP contribution < -0.4 is 0 Å². The maximum absolute atomic E-state index is 11.1. The number of carbonyl (C=O) groups is 1. The highest BCUT2D eigenvalue weighted by molar-refractivity contribution is 9.10. The molecule has 0 spiro atoms. The Morgan fingerprint density at radius 2 is 2.05 bits per heavy atom. The van der Waals surface area contributed by atoms with Gasteiger partial charge in [-0.1, -0.05) is 39.7 Å². The van der Waals surface area contributed by atoms with Crippen molar-refractivity contribution in [1.29, 1.82) is 0 Å². The molecule has 5 heteroatoms. The van der Waals surface area contributed by atoms with E-state index in [-0.39, 0.29) is 0 Å². The maximum Gasteiger partial charge on any atom is 0.336 e. The zero-order valence-corrected chi connectivity index (χ0v) is 12.9. The van der Waals surface area contributed by atoms with E-state index in [1.165, 1.54) is 11.8 Å². The predicted molar refractivity (Wildman–Crippen MR) is 82.1 cm³/mol. The van der Waals surface area contributed by atoms with Crippen LogP contribution in [0.2, 0.25) is 5.02 Å². The fourth-order valence-corrected chi connectivity index (χ4v) is 3.33. The summed E-state index contributed by atoms with van der Waals surface area (Å²) in [6.07, 6.45) is 0. The molecule has 1 N–H and O–H groups in total. The second-order valence-electron chi connectivity index (χ2n) is 3.86. The zero-order chi connectivity index (χ0) is 13.8. The number of halogens is 2. The first-order chi connectivity index (χ1) is 9.06. The lowest BCUT2D eigenvalue weighted by Gasteiger charge is -2.07. The summed E-state index contributed by atoms with van der Waals surface area (Å²) in [5, 5.41) is 9.83. The summed E-state index contributed by atoms with van der Waals surface area (Å²) in [4.78, 5) is 11.9. The highest BCUT2D eigenvalue weighted by Gasteiger charge is 2.11. The number of benzene rings is 2. The second kappa shape index (κ2) is 6.46. The van der Waals surface area contributed by atoms with Crippen LogP contribution in [0.3, 0.4) is 0 Å². The summed E-state index contributed by atoms with van der Waals surface area (Å²) < 4.78 is 0.867. The van der Waals surface area contributed by atoms with Crippen molar-refractivity contribution in [3.05, 3.63) is 63.1 Å². The molecule has 2 aromatic rings. The van der Waals surface area contributed by atoms with Gasteiger partial charge in [0, 0.05) is 20.1 Å². The third kappa shape index (κ3) is 4.00. The molecule has 0 atom stereocenters. The van der Waals surface area contributed by atoms with Gasteiger partial charge >= 0.3 is 5.97 Å². The van der Waals surface area contributed by atoms with Gasteiger partial charge in [0.05, 0.1) is 5.56 Å². The van der Waals surface area contributed by atoms with E-state index in [4.69, 9.17) is 16.7 Å². The fourth-order valence-electron chi connectivity index (χ4n) is 1.58. The molecule has 0 amide bonds. The molecule has 2 nitrogen and oxygen atoms in total. The molecule has 0 unspecified atom stereocenters. The third-order valence-corrected chi connectivity index (χ3v) is 4.31. The largest absolute Gasteiger partial charge is 0.478 e. The van der Waals surface area contributed by atoms with E-state index in [0.29, 0.717) is 16.3 Å². The molecule has 0 aliphatic heterocycles. The highest BCUT2D eigenvalue weighted by atomic mass is 79.9. The first-order valence-electron chi connectivity index (χ1n) is 5.46. The Hall–Kier alpha value is -0.970. The number of thioether (sulfide) groups is 1. The van der Waals surface area contributed by atoms with Crippen LogP contribution in [0.25, 0.3) is 0 Å². The molecule has 0 radical (unpaired) electrons. The number of aromatic carboxylic acids is 1. The Morgan fingerprint density at radius 3 is 2.74 bits per heavy atom. The summed E-state index contributed by atoms with van der Waals surface area (Å²) >= 11 is 10.8. The quantitative estimate of drug-likeness (QED) is 0.774. The van der Waals surface area contributed by atoms with E-state index >= 15 is 0 Å². The smallest absolute Gasteiger partial charge is 0.336 e. The lowest BCUT2D eigenvalue weighted by Crippen LogP contribution is -1.98. The fraction of sp³-hybridized carbons (Fsp3) is 0.0714. The van der Waals surface area contributed by atoms with Crippen LogP contribution in [-0.4, -0.2) is 11.1 Å². The van der Waals surface area contributed by atoms with Crippen molar-refractivity contribution in [3.8, 4) is 0 Å². The second-order valence-corrected chi connectivity index (χ2v) is 6.23. The van der Waals surface area contributed by atoms with Crippen molar-refractivity contribution in [2.24, 2.45) is 0 Å². The van der Waals surface area contributed by atoms with Crippen molar-refractivity contribution in [2.45, 2.75) is 10.6 Å². The third-order valence-electron chi connectivity index (χ3n) is 2.46. The number of hydrogen-bond acceptors (Lipinski definition) is 2. The van der Waals surface area contributed by atoms with E-state index in [1.807, 2.05) is 30.3 Å². The minimum Gasteiger partial charge on any atom is -0.478 e. The molecule has 0 saturated carbocycles. The van der Waals surface area contributed by atoms with Crippen molar-refractivity contribution in [1.82, 2.24) is 0 Å². The lowest BCUT2D eigenvalue weighted by atomic mass is 10.2. The van der Waals surface area contributed by atoms with Crippen LogP contribution in [0.4, 0.5) is 0 Å². The number of carboxylic acid groups (broad SMARTS) is 1. The van der Waals surface area contributed by atoms with E-state index in [1.54, 1.807) is 12.1 Å².